The van der Waals surface area contributed by atoms with Crippen LogP contribution in [0.15, 0.2) is 11.6 Å². The second-order valence-corrected chi connectivity index (χ2v) is 17.0. The highest BCUT2D eigenvalue weighted by Gasteiger charge is 2.70. The molecule has 0 amide bonds. The van der Waals surface area contributed by atoms with Gasteiger partial charge < -0.3 is 4.74 Å². The van der Waals surface area contributed by atoms with Gasteiger partial charge in [-0.05, 0) is 97.2 Å². The first-order valence-corrected chi connectivity index (χ1v) is 15.4. The van der Waals surface area contributed by atoms with E-state index in [2.05, 4.69) is 77.4 Å². The summed E-state index contributed by atoms with van der Waals surface area (Å²) < 4.78 is 5.92. The second-order valence-electron chi connectivity index (χ2n) is 15.9. The molecular weight excluding hydrogens is 496 g/mol. The maximum absolute atomic E-state index is 11.9. The summed E-state index contributed by atoms with van der Waals surface area (Å²) in [5.41, 5.74) is 3.51. The van der Waals surface area contributed by atoms with Crippen molar-refractivity contribution in [3.05, 3.63) is 11.6 Å². The largest absolute Gasteiger partial charge is 0.462 e. The van der Waals surface area contributed by atoms with Crippen molar-refractivity contribution in [1.82, 2.24) is 0 Å². The highest BCUT2D eigenvalue weighted by molar-refractivity contribution is 9.09. The summed E-state index contributed by atoms with van der Waals surface area (Å²) in [4.78, 5) is 12.4. The van der Waals surface area contributed by atoms with Crippen LogP contribution in [0.2, 0.25) is 0 Å². The standard InChI is InChI=1S/C32H51BrO2/c1-20(34)35-26-13-14-30(7)23(28(26,4)5)12-15-31(8)24(30)11-10-21-22-18-27(2,3)16-17-29(22,6)19-25(33)32(21,31)9/h10,22-26H,11-19H2,1-9H3/t22-,23-,24+,25-,26-,29+,30-,31+,32-/m0/s1. The number of alkyl halides is 1. The van der Waals surface area contributed by atoms with Crippen molar-refractivity contribution in [3.63, 3.8) is 0 Å². The van der Waals surface area contributed by atoms with E-state index in [0.29, 0.717) is 32.9 Å². The van der Waals surface area contributed by atoms with E-state index in [4.69, 9.17) is 4.74 Å². The third-order valence-corrected chi connectivity index (χ3v) is 14.5. The Balaban J connectivity index is 1.56. The van der Waals surface area contributed by atoms with Crippen LogP contribution in [0.5, 0.6) is 0 Å². The summed E-state index contributed by atoms with van der Waals surface area (Å²) in [5.74, 6) is 1.89. The van der Waals surface area contributed by atoms with E-state index in [9.17, 15) is 4.79 Å². The molecule has 2 nitrogen and oxygen atoms in total. The summed E-state index contributed by atoms with van der Waals surface area (Å²) in [6, 6.07) is 0. The molecule has 0 radical (unpaired) electrons. The highest BCUT2D eigenvalue weighted by Crippen LogP contribution is 2.76. The zero-order valence-electron chi connectivity index (χ0n) is 24.0. The number of fused-ring (bicyclic) bond motifs is 7. The lowest BCUT2D eigenvalue weighted by Crippen LogP contribution is -2.66. The van der Waals surface area contributed by atoms with Crippen molar-refractivity contribution in [1.29, 1.82) is 0 Å². The number of esters is 1. The molecule has 0 aromatic heterocycles. The molecule has 5 rings (SSSR count). The van der Waals surface area contributed by atoms with Gasteiger partial charge in [-0.3, -0.25) is 4.79 Å². The molecule has 3 heteroatoms. The van der Waals surface area contributed by atoms with Gasteiger partial charge in [0.2, 0.25) is 0 Å². The van der Waals surface area contributed by atoms with Gasteiger partial charge in [-0.15, -0.1) is 0 Å². The Labute approximate surface area is 223 Å². The average Bonchev–Trinajstić information content (AvgIpc) is 2.72. The number of carbonyl (C=O) groups is 1. The Morgan fingerprint density at radius 3 is 2.26 bits per heavy atom. The number of allylic oxidation sites excluding steroid dienone is 2. The van der Waals surface area contributed by atoms with Gasteiger partial charge >= 0.3 is 5.97 Å². The smallest absolute Gasteiger partial charge is 0.302 e. The highest BCUT2D eigenvalue weighted by atomic mass is 79.9. The van der Waals surface area contributed by atoms with Gasteiger partial charge in [-0.25, -0.2) is 0 Å². The summed E-state index contributed by atoms with van der Waals surface area (Å²) in [6.07, 6.45) is 14.2. The van der Waals surface area contributed by atoms with Crippen LogP contribution in [0.4, 0.5) is 0 Å². The molecule has 0 spiro atoms. The van der Waals surface area contributed by atoms with Crippen molar-refractivity contribution < 1.29 is 9.53 Å². The minimum atomic E-state index is -0.118. The molecule has 9 atom stereocenters. The molecule has 5 aliphatic rings. The molecule has 0 bridgehead atoms. The fourth-order valence-corrected chi connectivity index (χ4v) is 12.5. The van der Waals surface area contributed by atoms with Crippen molar-refractivity contribution >= 4 is 21.9 Å². The number of ether oxygens (including phenoxy) is 1. The number of rotatable bonds is 1. The maximum Gasteiger partial charge on any atom is 0.302 e. The summed E-state index contributed by atoms with van der Waals surface area (Å²) >= 11 is 4.38. The molecule has 35 heavy (non-hydrogen) atoms. The minimum Gasteiger partial charge on any atom is -0.462 e. The number of carbonyl (C=O) groups excluding carboxylic acids is 1. The Morgan fingerprint density at radius 2 is 1.60 bits per heavy atom. The Hall–Kier alpha value is -0.310. The molecule has 198 valence electrons. The van der Waals surface area contributed by atoms with Gasteiger partial charge in [0.05, 0.1) is 0 Å². The number of hydrogen-bond acceptors (Lipinski definition) is 2. The van der Waals surface area contributed by atoms with Gasteiger partial charge in [0, 0.05) is 22.6 Å². The first kappa shape index (κ1) is 26.3. The zero-order chi connectivity index (χ0) is 25.8. The van der Waals surface area contributed by atoms with Crippen molar-refractivity contribution in [2.24, 2.45) is 50.2 Å². The Kier molecular flexibility index (Phi) is 5.91. The van der Waals surface area contributed by atoms with Crippen molar-refractivity contribution in [2.75, 3.05) is 0 Å². The van der Waals surface area contributed by atoms with Crippen LogP contribution in [0.3, 0.4) is 0 Å². The van der Waals surface area contributed by atoms with E-state index in [-0.39, 0.29) is 28.3 Å². The summed E-state index contributed by atoms with van der Waals surface area (Å²) in [6.45, 7) is 21.9. The lowest BCUT2D eigenvalue weighted by atomic mass is 9.33. The molecule has 0 N–H and O–H groups in total. The Bertz CT molecular complexity index is 934. The fourth-order valence-electron chi connectivity index (χ4n) is 11.0. The van der Waals surface area contributed by atoms with Gasteiger partial charge in [0.15, 0.2) is 0 Å². The second kappa shape index (κ2) is 7.86. The molecule has 4 saturated carbocycles. The first-order valence-electron chi connectivity index (χ1n) is 14.5. The van der Waals surface area contributed by atoms with Crippen LogP contribution < -0.4 is 0 Å². The minimum absolute atomic E-state index is 0.0250. The fraction of sp³-hybridized carbons (Fsp3) is 0.906. The van der Waals surface area contributed by atoms with E-state index in [0.717, 1.165) is 12.3 Å². The monoisotopic (exact) mass is 546 g/mol. The Morgan fingerprint density at radius 1 is 0.914 bits per heavy atom. The first-order chi connectivity index (χ1) is 16.0. The lowest BCUT2D eigenvalue weighted by molar-refractivity contribution is -0.210. The average molecular weight is 548 g/mol. The van der Waals surface area contributed by atoms with Gasteiger partial charge in [0.1, 0.15) is 6.10 Å². The molecule has 5 aliphatic carbocycles. The molecule has 4 fully saturated rings. The van der Waals surface area contributed by atoms with Gasteiger partial charge in [-0.1, -0.05) is 83.0 Å². The van der Waals surface area contributed by atoms with E-state index in [1.54, 1.807) is 6.92 Å². The van der Waals surface area contributed by atoms with Crippen LogP contribution in [-0.2, 0) is 9.53 Å². The SMILES string of the molecule is CC(=O)O[C@H]1CC[C@]2(C)[C@H]3CC=C4[C@@H]5CC(C)(C)CC[C@]5(C)C[C@H](Br)[C@@]4(C)[C@]3(C)CC[C@H]2C1(C)C. The molecular formula is C32H51BrO2. The maximum atomic E-state index is 11.9. The molecule has 0 aliphatic heterocycles. The van der Waals surface area contributed by atoms with Gasteiger partial charge in [0.25, 0.3) is 0 Å². The summed E-state index contributed by atoms with van der Waals surface area (Å²) in [5, 5.41) is 0. The van der Waals surface area contributed by atoms with Crippen molar-refractivity contribution in [2.45, 2.75) is 131 Å². The van der Waals surface area contributed by atoms with E-state index in [1.165, 1.54) is 51.4 Å². The van der Waals surface area contributed by atoms with Gasteiger partial charge in [-0.2, -0.15) is 0 Å². The third-order valence-electron chi connectivity index (χ3n) is 13.3. The number of hydrogen-bond donors (Lipinski definition) is 0. The molecule has 0 saturated heterocycles. The van der Waals surface area contributed by atoms with E-state index in [1.807, 2.05) is 5.57 Å². The molecule has 0 unspecified atom stereocenters. The van der Waals surface area contributed by atoms with Crippen LogP contribution in [0.25, 0.3) is 0 Å². The third kappa shape index (κ3) is 3.47. The van der Waals surface area contributed by atoms with Crippen molar-refractivity contribution in [3.8, 4) is 0 Å². The van der Waals surface area contributed by atoms with Crippen LogP contribution in [0.1, 0.15) is 120 Å². The quantitative estimate of drug-likeness (QED) is 0.186. The normalized spacial score (nSPS) is 52.2. The molecule has 0 aromatic rings. The predicted molar refractivity (Wildman–Crippen MR) is 148 cm³/mol. The topological polar surface area (TPSA) is 26.3 Å². The number of halogens is 1. The summed E-state index contributed by atoms with van der Waals surface area (Å²) in [7, 11) is 0. The van der Waals surface area contributed by atoms with E-state index < -0.39 is 0 Å². The lowest BCUT2D eigenvalue weighted by Gasteiger charge is -2.72. The van der Waals surface area contributed by atoms with Crippen LogP contribution in [0, 0.1) is 50.2 Å². The predicted octanol–water partition coefficient (Wildman–Crippen LogP) is 9.11. The molecule has 0 heterocycles. The van der Waals surface area contributed by atoms with Crippen LogP contribution >= 0.6 is 15.9 Å². The van der Waals surface area contributed by atoms with Crippen LogP contribution in [-0.4, -0.2) is 16.9 Å². The zero-order valence-corrected chi connectivity index (χ0v) is 25.6. The molecule has 0 aromatic carbocycles. The van der Waals surface area contributed by atoms with E-state index >= 15 is 0 Å².